The molecule has 4 fully saturated rings. The molecule has 2 N–H and O–H groups in total. The molecule has 0 aromatic rings. The summed E-state index contributed by atoms with van der Waals surface area (Å²) in [5.41, 5.74) is 0.232. The van der Waals surface area contributed by atoms with E-state index in [1.54, 1.807) is 0 Å². The molecule has 4 rings (SSSR count). The fourth-order valence-electron chi connectivity index (χ4n) is 5.34. The fourth-order valence-corrected chi connectivity index (χ4v) is 6.62. The standard InChI is InChI=1S/C15H28N2O2S/c1-3-4-16-20(18,19)17-11(2)15-8-12-5-13(9-15)7-14(6-12)10-15/h11-14,16-17H,3-10H2,1-2H3/t11-,12?,13?,14?,15?/m0/s1. The minimum atomic E-state index is -3.34. The third kappa shape index (κ3) is 2.77. The number of hydrogen-bond donors (Lipinski definition) is 2. The van der Waals surface area contributed by atoms with E-state index in [-0.39, 0.29) is 11.5 Å². The van der Waals surface area contributed by atoms with Crippen LogP contribution in [0.1, 0.15) is 58.8 Å². The first-order valence-corrected chi connectivity index (χ1v) is 9.68. The lowest BCUT2D eigenvalue weighted by atomic mass is 9.48. The van der Waals surface area contributed by atoms with Crippen LogP contribution in [0.3, 0.4) is 0 Å². The molecule has 4 nitrogen and oxygen atoms in total. The Bertz CT molecular complexity index is 425. The van der Waals surface area contributed by atoms with E-state index < -0.39 is 10.2 Å². The number of nitrogens with one attached hydrogen (secondary N) is 2. The van der Waals surface area contributed by atoms with Gasteiger partial charge in [0.1, 0.15) is 0 Å². The van der Waals surface area contributed by atoms with E-state index in [1.165, 1.54) is 38.5 Å². The van der Waals surface area contributed by atoms with Crippen molar-refractivity contribution in [3.05, 3.63) is 0 Å². The summed E-state index contributed by atoms with van der Waals surface area (Å²) in [5, 5.41) is 0. The second kappa shape index (κ2) is 5.25. The van der Waals surface area contributed by atoms with E-state index in [4.69, 9.17) is 0 Å². The molecule has 0 saturated heterocycles. The molecule has 0 heterocycles. The monoisotopic (exact) mass is 300 g/mol. The fraction of sp³-hybridized carbons (Fsp3) is 1.00. The highest BCUT2D eigenvalue weighted by atomic mass is 32.2. The highest BCUT2D eigenvalue weighted by Gasteiger charge is 2.53. The van der Waals surface area contributed by atoms with Crippen LogP contribution in [0.15, 0.2) is 0 Å². The van der Waals surface area contributed by atoms with E-state index >= 15 is 0 Å². The van der Waals surface area contributed by atoms with Crippen molar-refractivity contribution in [2.24, 2.45) is 23.2 Å². The van der Waals surface area contributed by atoms with Gasteiger partial charge in [0.2, 0.25) is 0 Å². The van der Waals surface area contributed by atoms with Gasteiger partial charge in [-0.15, -0.1) is 0 Å². The van der Waals surface area contributed by atoms with Gasteiger partial charge in [-0.05, 0) is 75.0 Å². The molecule has 1 atom stereocenters. The lowest BCUT2D eigenvalue weighted by Crippen LogP contribution is -2.57. The van der Waals surface area contributed by atoms with Crippen molar-refractivity contribution in [3.63, 3.8) is 0 Å². The molecule has 4 aliphatic rings. The first-order valence-electron chi connectivity index (χ1n) is 8.19. The smallest absolute Gasteiger partial charge is 0.202 e. The van der Waals surface area contributed by atoms with Crippen molar-refractivity contribution in [3.8, 4) is 0 Å². The third-order valence-corrected chi connectivity index (χ3v) is 7.13. The summed E-state index contributed by atoms with van der Waals surface area (Å²) in [4.78, 5) is 0. The molecule has 5 heteroatoms. The summed E-state index contributed by atoms with van der Waals surface area (Å²) in [6.07, 6.45) is 8.71. The van der Waals surface area contributed by atoms with E-state index in [2.05, 4.69) is 16.4 Å². The Hall–Kier alpha value is -0.130. The summed E-state index contributed by atoms with van der Waals surface area (Å²) in [6, 6.07) is 0.0604. The molecular formula is C15H28N2O2S. The Labute approximate surface area is 123 Å². The van der Waals surface area contributed by atoms with Gasteiger partial charge in [0, 0.05) is 12.6 Å². The molecule has 0 aromatic carbocycles. The summed E-state index contributed by atoms with van der Waals surface area (Å²) in [6.45, 7) is 4.58. The summed E-state index contributed by atoms with van der Waals surface area (Å²) >= 11 is 0. The highest BCUT2D eigenvalue weighted by Crippen LogP contribution is 2.61. The molecule has 0 spiro atoms. The Morgan fingerprint density at radius 3 is 2.05 bits per heavy atom. The lowest BCUT2D eigenvalue weighted by molar-refractivity contribution is -0.0666. The average Bonchev–Trinajstić information content (AvgIpc) is 2.34. The zero-order valence-electron chi connectivity index (χ0n) is 12.7. The van der Waals surface area contributed by atoms with Crippen molar-refractivity contribution in [1.82, 2.24) is 9.44 Å². The van der Waals surface area contributed by atoms with Crippen molar-refractivity contribution < 1.29 is 8.42 Å². The van der Waals surface area contributed by atoms with Gasteiger partial charge in [-0.2, -0.15) is 13.1 Å². The first-order chi connectivity index (χ1) is 9.42. The minimum Gasteiger partial charge on any atom is -0.202 e. The number of rotatable bonds is 6. The molecule has 0 radical (unpaired) electrons. The van der Waals surface area contributed by atoms with Crippen LogP contribution in [0.25, 0.3) is 0 Å². The van der Waals surface area contributed by atoms with Crippen LogP contribution in [0.5, 0.6) is 0 Å². The predicted molar refractivity (Wildman–Crippen MR) is 80.4 cm³/mol. The second-order valence-corrected chi connectivity index (χ2v) is 9.05. The van der Waals surface area contributed by atoms with Crippen molar-refractivity contribution in [2.75, 3.05) is 6.54 Å². The SMILES string of the molecule is CCCNS(=O)(=O)N[C@@H](C)C12CC3CC(CC(C3)C1)C2. The number of hydrogen-bond acceptors (Lipinski definition) is 2. The maximum absolute atomic E-state index is 12.1. The van der Waals surface area contributed by atoms with Crippen molar-refractivity contribution >= 4 is 10.2 Å². The summed E-state index contributed by atoms with van der Waals surface area (Å²) in [5.74, 6) is 2.57. The Balaban J connectivity index is 1.69. The van der Waals surface area contributed by atoms with Gasteiger partial charge in [0.05, 0.1) is 0 Å². The molecule has 0 aliphatic heterocycles. The quantitative estimate of drug-likeness (QED) is 0.791. The molecule has 20 heavy (non-hydrogen) atoms. The first kappa shape index (κ1) is 14.8. The van der Waals surface area contributed by atoms with Gasteiger partial charge >= 0.3 is 0 Å². The third-order valence-electron chi connectivity index (χ3n) is 5.88. The van der Waals surface area contributed by atoms with Gasteiger partial charge in [-0.1, -0.05) is 6.92 Å². The molecule has 116 valence electrons. The lowest BCUT2D eigenvalue weighted by Gasteiger charge is -2.59. The molecule has 0 aromatic heterocycles. The maximum Gasteiger partial charge on any atom is 0.277 e. The van der Waals surface area contributed by atoms with E-state index in [0.717, 1.165) is 24.2 Å². The van der Waals surface area contributed by atoms with E-state index in [0.29, 0.717) is 6.54 Å². The topological polar surface area (TPSA) is 58.2 Å². The van der Waals surface area contributed by atoms with E-state index in [9.17, 15) is 8.42 Å². The molecular weight excluding hydrogens is 272 g/mol. The van der Waals surface area contributed by atoms with Crippen LogP contribution in [-0.2, 0) is 10.2 Å². The highest BCUT2D eigenvalue weighted by molar-refractivity contribution is 7.87. The van der Waals surface area contributed by atoms with Crippen molar-refractivity contribution in [2.45, 2.75) is 64.8 Å². The minimum absolute atomic E-state index is 0.0604. The largest absolute Gasteiger partial charge is 0.277 e. The van der Waals surface area contributed by atoms with Gasteiger partial charge in [0.25, 0.3) is 10.2 Å². The predicted octanol–water partition coefficient (Wildman–Crippen LogP) is 2.43. The normalized spacial score (nSPS) is 41.0. The molecule has 0 amide bonds. The van der Waals surface area contributed by atoms with Crippen LogP contribution < -0.4 is 9.44 Å². The van der Waals surface area contributed by atoms with E-state index in [1.807, 2.05) is 6.92 Å². The summed E-state index contributed by atoms with van der Waals surface area (Å²) in [7, 11) is -3.34. The van der Waals surface area contributed by atoms with Gasteiger partial charge in [-0.25, -0.2) is 4.72 Å². The maximum atomic E-state index is 12.1. The molecule has 4 aliphatic carbocycles. The van der Waals surface area contributed by atoms with Gasteiger partial charge in [0.15, 0.2) is 0 Å². The van der Waals surface area contributed by atoms with Crippen LogP contribution in [-0.4, -0.2) is 21.0 Å². The Morgan fingerprint density at radius 1 is 1.10 bits per heavy atom. The average molecular weight is 300 g/mol. The molecule has 4 saturated carbocycles. The molecule has 0 unspecified atom stereocenters. The van der Waals surface area contributed by atoms with Crippen LogP contribution in [0.2, 0.25) is 0 Å². The van der Waals surface area contributed by atoms with Gasteiger partial charge in [-0.3, -0.25) is 0 Å². The summed E-state index contributed by atoms with van der Waals surface area (Å²) < 4.78 is 29.7. The zero-order chi connectivity index (χ0) is 14.4. The van der Waals surface area contributed by atoms with Crippen molar-refractivity contribution in [1.29, 1.82) is 0 Å². The second-order valence-electron chi connectivity index (χ2n) is 7.52. The Morgan fingerprint density at radius 2 is 1.60 bits per heavy atom. The zero-order valence-corrected chi connectivity index (χ0v) is 13.5. The Kier molecular flexibility index (Phi) is 3.89. The van der Waals surface area contributed by atoms with Crippen LogP contribution in [0.4, 0.5) is 0 Å². The molecule has 4 bridgehead atoms. The van der Waals surface area contributed by atoms with Crippen LogP contribution >= 0.6 is 0 Å². The van der Waals surface area contributed by atoms with Gasteiger partial charge < -0.3 is 0 Å². The van der Waals surface area contributed by atoms with Crippen LogP contribution in [0, 0.1) is 23.2 Å².